The molecule has 1 fully saturated rings. The van der Waals surface area contributed by atoms with Crippen molar-refractivity contribution in [1.82, 2.24) is 4.90 Å². The summed E-state index contributed by atoms with van der Waals surface area (Å²) in [6.07, 6.45) is 2.30. The highest BCUT2D eigenvalue weighted by Gasteiger charge is 2.22. The van der Waals surface area contributed by atoms with E-state index in [0.717, 1.165) is 31.5 Å². The number of rotatable bonds is 3. The lowest BCUT2D eigenvalue weighted by atomic mass is 9.87. The largest absolute Gasteiger partial charge is 0.301 e. The van der Waals surface area contributed by atoms with Crippen molar-refractivity contribution in [3.63, 3.8) is 0 Å². The average Bonchev–Trinajstić information content (AvgIpc) is 2.38. The lowest BCUT2D eigenvalue weighted by Crippen LogP contribution is -2.37. The van der Waals surface area contributed by atoms with E-state index in [0.29, 0.717) is 12.0 Å². The minimum absolute atomic E-state index is 0.0289. The molecule has 19 heavy (non-hydrogen) atoms. The van der Waals surface area contributed by atoms with Gasteiger partial charge in [0.25, 0.3) is 0 Å². The molecule has 1 nitrogen and oxygen atoms in total. The Kier molecular flexibility index (Phi) is 4.62. The molecule has 2 heteroatoms. The minimum atomic E-state index is -0.0289. The highest BCUT2D eigenvalue weighted by molar-refractivity contribution is 5.29. The summed E-state index contributed by atoms with van der Waals surface area (Å²) in [4.78, 5) is 2.51. The van der Waals surface area contributed by atoms with E-state index in [1.165, 1.54) is 5.56 Å². The van der Waals surface area contributed by atoms with E-state index in [1.807, 2.05) is 19.9 Å². The summed E-state index contributed by atoms with van der Waals surface area (Å²) >= 11 is 0. The molecule has 2 rings (SSSR count). The SMILES string of the molecule is CC(C)c1ccc(C2CCN(C(C)C)CC2)cc1F. The highest BCUT2D eigenvalue weighted by Crippen LogP contribution is 2.31. The molecular formula is C17H26FN. The Labute approximate surface area is 116 Å². The fourth-order valence-electron chi connectivity index (χ4n) is 3.01. The average molecular weight is 263 g/mol. The molecule has 0 N–H and O–H groups in total. The highest BCUT2D eigenvalue weighted by atomic mass is 19.1. The monoisotopic (exact) mass is 263 g/mol. The molecule has 1 aromatic rings. The van der Waals surface area contributed by atoms with E-state index in [-0.39, 0.29) is 11.7 Å². The lowest BCUT2D eigenvalue weighted by Gasteiger charge is -2.34. The van der Waals surface area contributed by atoms with E-state index in [2.05, 4.69) is 24.8 Å². The van der Waals surface area contributed by atoms with Crippen LogP contribution in [0.25, 0.3) is 0 Å². The van der Waals surface area contributed by atoms with Gasteiger partial charge < -0.3 is 4.90 Å². The predicted octanol–water partition coefficient (Wildman–Crippen LogP) is 4.54. The van der Waals surface area contributed by atoms with Crippen molar-refractivity contribution < 1.29 is 4.39 Å². The molecule has 0 atom stereocenters. The van der Waals surface area contributed by atoms with Crippen LogP contribution in [0, 0.1) is 5.82 Å². The topological polar surface area (TPSA) is 3.24 Å². The summed E-state index contributed by atoms with van der Waals surface area (Å²) in [6.45, 7) is 10.8. The molecule has 0 unspecified atom stereocenters. The van der Waals surface area contributed by atoms with Crippen LogP contribution < -0.4 is 0 Å². The Morgan fingerprint density at radius 3 is 2.21 bits per heavy atom. The van der Waals surface area contributed by atoms with Gasteiger partial charge in [-0.1, -0.05) is 26.0 Å². The minimum Gasteiger partial charge on any atom is -0.301 e. The molecule has 0 amide bonds. The molecule has 0 bridgehead atoms. The van der Waals surface area contributed by atoms with Gasteiger partial charge in [0, 0.05) is 6.04 Å². The number of piperidine rings is 1. The van der Waals surface area contributed by atoms with Crippen LogP contribution >= 0.6 is 0 Å². The van der Waals surface area contributed by atoms with Gasteiger partial charge in [0.05, 0.1) is 0 Å². The predicted molar refractivity (Wildman–Crippen MR) is 79.2 cm³/mol. The molecule has 0 saturated carbocycles. The van der Waals surface area contributed by atoms with Crippen LogP contribution in [-0.2, 0) is 0 Å². The van der Waals surface area contributed by atoms with Crippen molar-refractivity contribution in [2.24, 2.45) is 0 Å². The van der Waals surface area contributed by atoms with E-state index < -0.39 is 0 Å². The van der Waals surface area contributed by atoms with Crippen LogP contribution in [0.1, 0.15) is 63.5 Å². The molecule has 1 aromatic carbocycles. The first-order valence-corrected chi connectivity index (χ1v) is 7.52. The normalized spacial score (nSPS) is 18.5. The van der Waals surface area contributed by atoms with Crippen molar-refractivity contribution >= 4 is 0 Å². The Morgan fingerprint density at radius 1 is 1.11 bits per heavy atom. The van der Waals surface area contributed by atoms with Crippen LogP contribution in [0.2, 0.25) is 0 Å². The summed E-state index contributed by atoms with van der Waals surface area (Å²) in [5.74, 6) is 0.765. The van der Waals surface area contributed by atoms with Crippen LogP contribution in [-0.4, -0.2) is 24.0 Å². The molecule has 0 aromatic heterocycles. The first kappa shape index (κ1) is 14.5. The summed E-state index contributed by atoms with van der Waals surface area (Å²) < 4.78 is 14.1. The second-order valence-corrected chi connectivity index (χ2v) is 6.34. The second kappa shape index (κ2) is 6.04. The number of hydrogen-bond acceptors (Lipinski definition) is 1. The molecule has 1 saturated heterocycles. The number of benzene rings is 1. The van der Waals surface area contributed by atoms with Crippen molar-refractivity contribution in [1.29, 1.82) is 0 Å². The van der Waals surface area contributed by atoms with Gasteiger partial charge in [-0.2, -0.15) is 0 Å². The Bertz CT molecular complexity index is 417. The Hall–Kier alpha value is -0.890. The van der Waals surface area contributed by atoms with E-state index >= 15 is 0 Å². The number of nitrogens with zero attached hydrogens (tertiary/aromatic N) is 1. The van der Waals surface area contributed by atoms with Gasteiger partial charge in [0.15, 0.2) is 0 Å². The van der Waals surface area contributed by atoms with Gasteiger partial charge in [-0.25, -0.2) is 4.39 Å². The molecule has 1 heterocycles. The van der Waals surface area contributed by atoms with Crippen LogP contribution in [0.4, 0.5) is 4.39 Å². The van der Waals surface area contributed by atoms with Gasteiger partial charge in [-0.15, -0.1) is 0 Å². The third kappa shape index (κ3) is 3.36. The fraction of sp³-hybridized carbons (Fsp3) is 0.647. The molecular weight excluding hydrogens is 237 g/mol. The van der Waals surface area contributed by atoms with Crippen molar-refractivity contribution in [3.8, 4) is 0 Å². The quantitative estimate of drug-likeness (QED) is 0.774. The van der Waals surface area contributed by atoms with Gasteiger partial charge in [-0.05, 0) is 68.8 Å². The molecule has 1 aliphatic rings. The molecule has 106 valence electrons. The Balaban J connectivity index is 2.06. The van der Waals surface area contributed by atoms with Crippen molar-refractivity contribution in [3.05, 3.63) is 35.1 Å². The van der Waals surface area contributed by atoms with Gasteiger partial charge >= 0.3 is 0 Å². The third-order valence-electron chi connectivity index (χ3n) is 4.38. The number of hydrogen-bond donors (Lipinski definition) is 0. The van der Waals surface area contributed by atoms with Gasteiger partial charge in [0.2, 0.25) is 0 Å². The van der Waals surface area contributed by atoms with E-state index in [9.17, 15) is 4.39 Å². The van der Waals surface area contributed by atoms with Crippen LogP contribution in [0.5, 0.6) is 0 Å². The second-order valence-electron chi connectivity index (χ2n) is 6.34. The van der Waals surface area contributed by atoms with Gasteiger partial charge in [0.1, 0.15) is 5.82 Å². The zero-order chi connectivity index (χ0) is 14.0. The summed E-state index contributed by atoms with van der Waals surface area (Å²) in [6, 6.07) is 6.50. The molecule has 0 spiro atoms. The van der Waals surface area contributed by atoms with Crippen LogP contribution in [0.3, 0.4) is 0 Å². The molecule has 0 radical (unpaired) electrons. The summed E-state index contributed by atoms with van der Waals surface area (Å²) in [5, 5.41) is 0. The maximum atomic E-state index is 14.1. The first-order chi connectivity index (χ1) is 8.99. The van der Waals surface area contributed by atoms with Crippen molar-refractivity contribution in [2.45, 2.75) is 58.4 Å². The molecule has 0 aliphatic carbocycles. The van der Waals surface area contributed by atoms with E-state index in [1.54, 1.807) is 6.07 Å². The lowest BCUT2D eigenvalue weighted by molar-refractivity contribution is 0.172. The summed E-state index contributed by atoms with van der Waals surface area (Å²) in [5.41, 5.74) is 2.02. The number of likely N-dealkylation sites (tertiary alicyclic amines) is 1. The zero-order valence-electron chi connectivity index (χ0n) is 12.6. The standard InChI is InChI=1S/C17H26FN/c1-12(2)16-6-5-15(11-17(16)18)14-7-9-19(10-8-14)13(3)4/h5-6,11-14H,7-10H2,1-4H3. The third-order valence-corrected chi connectivity index (χ3v) is 4.38. The number of halogens is 1. The maximum absolute atomic E-state index is 14.1. The summed E-state index contributed by atoms with van der Waals surface area (Å²) in [7, 11) is 0. The molecule has 1 aliphatic heterocycles. The smallest absolute Gasteiger partial charge is 0.126 e. The Morgan fingerprint density at radius 2 is 1.74 bits per heavy atom. The van der Waals surface area contributed by atoms with Gasteiger partial charge in [-0.3, -0.25) is 0 Å². The maximum Gasteiger partial charge on any atom is 0.126 e. The van der Waals surface area contributed by atoms with Crippen LogP contribution in [0.15, 0.2) is 18.2 Å². The van der Waals surface area contributed by atoms with E-state index in [4.69, 9.17) is 0 Å². The first-order valence-electron chi connectivity index (χ1n) is 7.52. The fourth-order valence-corrected chi connectivity index (χ4v) is 3.01. The van der Waals surface area contributed by atoms with Crippen molar-refractivity contribution in [2.75, 3.05) is 13.1 Å². The zero-order valence-corrected chi connectivity index (χ0v) is 12.6.